The van der Waals surface area contributed by atoms with E-state index >= 15 is 0 Å². The number of nitrogens with one attached hydrogen (secondary N) is 1. The lowest BCUT2D eigenvalue weighted by Gasteiger charge is -2.27. The first-order valence-electron chi connectivity index (χ1n) is 8.40. The second kappa shape index (κ2) is 7.19. The Labute approximate surface area is 151 Å². The van der Waals surface area contributed by atoms with Gasteiger partial charge in [0.25, 0.3) is 5.91 Å². The van der Waals surface area contributed by atoms with Gasteiger partial charge in [-0.3, -0.25) is 9.78 Å². The number of rotatable bonds is 3. The van der Waals surface area contributed by atoms with E-state index in [4.69, 9.17) is 4.74 Å². The molecule has 128 valence electrons. The van der Waals surface area contributed by atoms with Crippen molar-refractivity contribution < 1.29 is 9.53 Å². The number of hydrogen-bond acceptors (Lipinski definition) is 4. The molecule has 4 rings (SSSR count). The standard InChI is InChI=1S/C21H17N3O2/c25-21(17-11-6-7-13-22-17)24-23-18-14-20(15-8-2-1-3-9-15)26-19-12-5-4-10-16(18)19/h1-13,20H,14H2,(H,24,25)/b23-18-. The fourth-order valence-electron chi connectivity index (χ4n) is 2.92. The average Bonchev–Trinajstić information content (AvgIpc) is 2.73. The number of hydrogen-bond donors (Lipinski definition) is 1. The normalized spacial score (nSPS) is 17.2. The van der Waals surface area contributed by atoms with Crippen LogP contribution in [-0.4, -0.2) is 16.6 Å². The number of carbonyl (C=O) groups excluding carboxylic acids is 1. The highest BCUT2D eigenvalue weighted by Gasteiger charge is 2.26. The number of amides is 1. The van der Waals surface area contributed by atoms with Crippen molar-refractivity contribution in [3.05, 3.63) is 95.8 Å². The van der Waals surface area contributed by atoms with Crippen molar-refractivity contribution in [3.8, 4) is 5.75 Å². The summed E-state index contributed by atoms with van der Waals surface area (Å²) in [6.45, 7) is 0. The Morgan fingerprint density at radius 1 is 1.00 bits per heavy atom. The topological polar surface area (TPSA) is 63.6 Å². The first kappa shape index (κ1) is 16.0. The van der Waals surface area contributed by atoms with Crippen LogP contribution in [0.2, 0.25) is 0 Å². The van der Waals surface area contributed by atoms with Gasteiger partial charge in [-0.05, 0) is 29.8 Å². The molecule has 5 nitrogen and oxygen atoms in total. The highest BCUT2D eigenvalue weighted by atomic mass is 16.5. The first-order chi connectivity index (χ1) is 12.8. The van der Waals surface area contributed by atoms with Crippen LogP contribution in [-0.2, 0) is 0 Å². The predicted molar refractivity (Wildman–Crippen MR) is 99.1 cm³/mol. The number of pyridine rings is 1. The van der Waals surface area contributed by atoms with Gasteiger partial charge in [-0.2, -0.15) is 5.10 Å². The number of para-hydroxylation sites is 1. The highest BCUT2D eigenvalue weighted by molar-refractivity contribution is 6.05. The SMILES string of the molecule is O=C(N/N=C1/CC(c2ccccc2)Oc2ccccc21)c1ccccn1. The number of aromatic nitrogens is 1. The average molecular weight is 343 g/mol. The molecular weight excluding hydrogens is 326 g/mol. The van der Waals surface area contributed by atoms with Gasteiger partial charge in [0.2, 0.25) is 0 Å². The van der Waals surface area contributed by atoms with E-state index in [1.54, 1.807) is 24.4 Å². The first-order valence-corrected chi connectivity index (χ1v) is 8.40. The summed E-state index contributed by atoms with van der Waals surface area (Å²) in [7, 11) is 0. The quantitative estimate of drug-likeness (QED) is 0.737. The summed E-state index contributed by atoms with van der Waals surface area (Å²) < 4.78 is 6.13. The van der Waals surface area contributed by atoms with Crippen LogP contribution in [0.1, 0.15) is 34.1 Å². The van der Waals surface area contributed by atoms with Crippen LogP contribution in [0.4, 0.5) is 0 Å². The van der Waals surface area contributed by atoms with Crippen LogP contribution in [0.5, 0.6) is 5.75 Å². The van der Waals surface area contributed by atoms with Crippen molar-refractivity contribution in [1.29, 1.82) is 0 Å². The van der Waals surface area contributed by atoms with E-state index in [1.807, 2.05) is 54.6 Å². The molecular formula is C21H17N3O2. The summed E-state index contributed by atoms with van der Waals surface area (Å²) in [5.41, 5.74) is 5.69. The second-order valence-corrected chi connectivity index (χ2v) is 5.93. The number of ether oxygens (including phenoxy) is 1. The van der Waals surface area contributed by atoms with Gasteiger partial charge in [-0.15, -0.1) is 0 Å². The Balaban J connectivity index is 1.62. The minimum Gasteiger partial charge on any atom is -0.485 e. The maximum atomic E-state index is 12.2. The fourth-order valence-corrected chi connectivity index (χ4v) is 2.92. The van der Waals surface area contributed by atoms with Crippen molar-refractivity contribution in [1.82, 2.24) is 10.4 Å². The van der Waals surface area contributed by atoms with E-state index in [-0.39, 0.29) is 12.0 Å². The van der Waals surface area contributed by atoms with E-state index < -0.39 is 0 Å². The summed E-state index contributed by atoms with van der Waals surface area (Å²) in [6, 6.07) is 22.9. The third-order valence-electron chi connectivity index (χ3n) is 4.21. The second-order valence-electron chi connectivity index (χ2n) is 5.93. The Morgan fingerprint density at radius 3 is 2.58 bits per heavy atom. The molecule has 2 heterocycles. The zero-order chi connectivity index (χ0) is 17.8. The van der Waals surface area contributed by atoms with Crippen molar-refractivity contribution in [2.75, 3.05) is 0 Å². The monoisotopic (exact) mass is 343 g/mol. The summed E-state index contributed by atoms with van der Waals surface area (Å²) >= 11 is 0. The minimum absolute atomic E-state index is 0.142. The number of carbonyl (C=O) groups is 1. The van der Waals surface area contributed by atoms with Gasteiger partial charge in [-0.25, -0.2) is 5.43 Å². The van der Waals surface area contributed by atoms with Gasteiger partial charge in [0.05, 0.1) is 5.71 Å². The molecule has 1 unspecified atom stereocenters. The molecule has 1 atom stereocenters. The molecule has 5 heteroatoms. The summed E-state index contributed by atoms with van der Waals surface area (Å²) in [6.07, 6.45) is 2.01. The van der Waals surface area contributed by atoms with E-state index in [1.165, 1.54) is 0 Å². The van der Waals surface area contributed by atoms with Crippen molar-refractivity contribution >= 4 is 11.6 Å². The minimum atomic E-state index is -0.335. The van der Waals surface area contributed by atoms with Gasteiger partial charge in [-0.1, -0.05) is 48.5 Å². The maximum absolute atomic E-state index is 12.2. The zero-order valence-electron chi connectivity index (χ0n) is 14.0. The maximum Gasteiger partial charge on any atom is 0.289 e. The van der Waals surface area contributed by atoms with Crippen LogP contribution in [0.15, 0.2) is 84.1 Å². The molecule has 1 aliphatic rings. The van der Waals surface area contributed by atoms with E-state index in [0.717, 1.165) is 22.6 Å². The van der Waals surface area contributed by atoms with Crippen LogP contribution in [0.25, 0.3) is 0 Å². The van der Waals surface area contributed by atoms with Crippen molar-refractivity contribution in [2.24, 2.45) is 5.10 Å². The third-order valence-corrected chi connectivity index (χ3v) is 4.21. The predicted octanol–water partition coefficient (Wildman–Crippen LogP) is 3.74. The number of hydrazone groups is 1. The molecule has 1 N–H and O–H groups in total. The number of fused-ring (bicyclic) bond motifs is 1. The summed E-state index contributed by atoms with van der Waals surface area (Å²) in [5, 5.41) is 4.37. The fraction of sp³-hybridized carbons (Fsp3) is 0.0952. The molecule has 0 bridgehead atoms. The smallest absolute Gasteiger partial charge is 0.289 e. The molecule has 26 heavy (non-hydrogen) atoms. The molecule has 0 spiro atoms. The lowest BCUT2D eigenvalue weighted by molar-refractivity contribution is 0.0949. The summed E-state index contributed by atoms with van der Waals surface area (Å²) in [5.74, 6) is 0.428. The van der Waals surface area contributed by atoms with E-state index in [2.05, 4.69) is 15.5 Å². The third kappa shape index (κ3) is 3.32. The van der Waals surface area contributed by atoms with Crippen LogP contribution in [0.3, 0.4) is 0 Å². The van der Waals surface area contributed by atoms with Gasteiger partial charge >= 0.3 is 0 Å². The molecule has 0 saturated carbocycles. The van der Waals surface area contributed by atoms with E-state index in [9.17, 15) is 4.79 Å². The van der Waals surface area contributed by atoms with Crippen molar-refractivity contribution in [2.45, 2.75) is 12.5 Å². The number of benzene rings is 2. The van der Waals surface area contributed by atoms with Crippen LogP contribution >= 0.6 is 0 Å². The van der Waals surface area contributed by atoms with E-state index in [0.29, 0.717) is 12.1 Å². The number of nitrogens with zero attached hydrogens (tertiary/aromatic N) is 2. The molecule has 0 radical (unpaired) electrons. The molecule has 0 fully saturated rings. The molecule has 2 aromatic carbocycles. The van der Waals surface area contributed by atoms with Crippen LogP contribution in [0, 0.1) is 0 Å². The molecule has 1 aliphatic heterocycles. The largest absolute Gasteiger partial charge is 0.485 e. The lowest BCUT2D eigenvalue weighted by atomic mass is 9.96. The van der Waals surface area contributed by atoms with Crippen molar-refractivity contribution in [3.63, 3.8) is 0 Å². The molecule has 0 aliphatic carbocycles. The molecule has 3 aromatic rings. The van der Waals surface area contributed by atoms with Gasteiger partial charge in [0, 0.05) is 18.2 Å². The van der Waals surface area contributed by atoms with Gasteiger partial charge < -0.3 is 4.74 Å². The highest BCUT2D eigenvalue weighted by Crippen LogP contribution is 2.34. The Morgan fingerprint density at radius 2 is 1.77 bits per heavy atom. The Hall–Kier alpha value is -3.47. The molecule has 1 aromatic heterocycles. The lowest BCUT2D eigenvalue weighted by Crippen LogP contribution is -2.25. The summed E-state index contributed by atoms with van der Waals surface area (Å²) in [4.78, 5) is 16.3. The Bertz CT molecular complexity index is 940. The molecule has 0 saturated heterocycles. The van der Waals surface area contributed by atoms with Crippen LogP contribution < -0.4 is 10.2 Å². The molecule has 1 amide bonds. The van der Waals surface area contributed by atoms with Gasteiger partial charge in [0.1, 0.15) is 17.5 Å². The Kier molecular flexibility index (Phi) is 4.43. The van der Waals surface area contributed by atoms with Gasteiger partial charge in [0.15, 0.2) is 0 Å². The zero-order valence-corrected chi connectivity index (χ0v) is 14.0.